The van der Waals surface area contributed by atoms with Crippen LogP contribution in [0.2, 0.25) is 10.0 Å². The molecule has 3 atom stereocenters. The van der Waals surface area contributed by atoms with Crippen molar-refractivity contribution in [3.8, 4) is 17.3 Å². The fourth-order valence-corrected chi connectivity index (χ4v) is 6.71. The zero-order valence-corrected chi connectivity index (χ0v) is 27.0. The van der Waals surface area contributed by atoms with Gasteiger partial charge in [-0.1, -0.05) is 43.6 Å². The van der Waals surface area contributed by atoms with Crippen molar-refractivity contribution in [3.05, 3.63) is 80.9 Å². The van der Waals surface area contributed by atoms with Gasteiger partial charge in [0, 0.05) is 36.9 Å². The van der Waals surface area contributed by atoms with Gasteiger partial charge in [-0.15, -0.1) is 0 Å². The smallest absolute Gasteiger partial charge is 0.246 e. The van der Waals surface area contributed by atoms with Crippen molar-refractivity contribution in [3.63, 3.8) is 0 Å². The number of carbonyl (C=O) groups is 1. The molecule has 46 heavy (non-hydrogen) atoms. The summed E-state index contributed by atoms with van der Waals surface area (Å²) in [6.07, 6.45) is 3.23. The number of benzene rings is 1. The maximum Gasteiger partial charge on any atom is 0.246 e. The Kier molecular flexibility index (Phi) is 9.05. The largest absolute Gasteiger partial charge is 0.395 e. The lowest BCUT2D eigenvalue weighted by Crippen LogP contribution is -2.54. The Bertz CT molecular complexity index is 1760. The molecule has 242 valence electrons. The van der Waals surface area contributed by atoms with Gasteiger partial charge in [-0.2, -0.15) is 5.26 Å². The number of dihydropyridines is 1. The molecule has 2 unspecified atom stereocenters. The molecule has 1 fully saturated rings. The summed E-state index contributed by atoms with van der Waals surface area (Å²) in [6.45, 7) is 12.1. The number of aliphatic hydroxyl groups is 1. The molecule has 1 amide bonds. The van der Waals surface area contributed by atoms with Crippen molar-refractivity contribution < 1.29 is 23.1 Å². The highest BCUT2D eigenvalue weighted by atomic mass is 35.5. The summed E-state index contributed by atoms with van der Waals surface area (Å²) in [5.74, 6) is -5.33. The van der Waals surface area contributed by atoms with E-state index in [0.717, 1.165) is 5.57 Å². The molecule has 3 aliphatic heterocycles. The van der Waals surface area contributed by atoms with Crippen LogP contribution in [0.5, 0.6) is 0 Å². The Morgan fingerprint density at radius 3 is 2.57 bits per heavy atom. The quantitative estimate of drug-likeness (QED) is 0.163. The van der Waals surface area contributed by atoms with Gasteiger partial charge in [0.15, 0.2) is 23.7 Å². The van der Waals surface area contributed by atoms with E-state index in [1.807, 2.05) is 32.6 Å². The van der Waals surface area contributed by atoms with Crippen LogP contribution < -0.4 is 16.0 Å². The van der Waals surface area contributed by atoms with Crippen LogP contribution in [0.3, 0.4) is 0 Å². The second-order valence-electron chi connectivity index (χ2n) is 11.7. The Hall–Kier alpha value is -4.18. The number of nitrogens with one attached hydrogen (secondary N) is 1. The summed E-state index contributed by atoms with van der Waals surface area (Å²) >= 11 is 13.0. The predicted octanol–water partition coefficient (Wildman–Crippen LogP) is 5.56. The first-order valence-electron chi connectivity index (χ1n) is 14.5. The second kappa shape index (κ2) is 12.5. The van der Waals surface area contributed by atoms with Gasteiger partial charge in [-0.3, -0.25) is 9.69 Å². The number of hydrogen-bond acceptors (Lipinski definition) is 8. The molecule has 0 bridgehead atoms. The van der Waals surface area contributed by atoms with E-state index < -0.39 is 40.0 Å². The highest BCUT2D eigenvalue weighted by Crippen LogP contribution is 2.48. The third-order valence-electron chi connectivity index (χ3n) is 8.49. The van der Waals surface area contributed by atoms with Crippen molar-refractivity contribution in [1.82, 2.24) is 20.1 Å². The normalized spacial score (nSPS) is 21.4. The van der Waals surface area contributed by atoms with Crippen LogP contribution in [0.4, 0.5) is 24.7 Å². The number of halogens is 5. The Labute approximate surface area is 274 Å². The maximum atomic E-state index is 15.4. The number of nitrogens with zero attached hydrogens (tertiary/aromatic N) is 5. The van der Waals surface area contributed by atoms with Gasteiger partial charge in [0.25, 0.3) is 0 Å². The molecule has 3 aliphatic rings. The maximum absolute atomic E-state index is 15.4. The topological polar surface area (TPSA) is 122 Å². The van der Waals surface area contributed by atoms with Gasteiger partial charge in [0.1, 0.15) is 17.5 Å². The lowest BCUT2D eigenvalue weighted by Gasteiger charge is -2.47. The summed E-state index contributed by atoms with van der Waals surface area (Å²) in [5, 5.41) is 25.0. The van der Waals surface area contributed by atoms with Gasteiger partial charge in [0.2, 0.25) is 5.91 Å². The molecule has 1 saturated heterocycles. The zero-order chi connectivity index (χ0) is 33.8. The molecule has 14 heteroatoms. The minimum atomic E-state index is -1.85. The summed E-state index contributed by atoms with van der Waals surface area (Å²) in [6, 6.07) is 2.91. The minimum absolute atomic E-state index is 0.00731. The summed E-state index contributed by atoms with van der Waals surface area (Å²) < 4.78 is 44.3. The molecule has 0 saturated carbocycles. The number of anilines is 2. The number of pyridine rings is 1. The number of carbonyl (C=O) groups excluding carboxylic acids is 1. The van der Waals surface area contributed by atoms with Gasteiger partial charge >= 0.3 is 0 Å². The number of aliphatic hydroxyl groups excluding tert-OH is 1. The minimum Gasteiger partial charge on any atom is -0.395 e. The summed E-state index contributed by atoms with van der Waals surface area (Å²) in [5.41, 5.74) is 5.80. The Balaban J connectivity index is 1.82. The first kappa shape index (κ1) is 33.2. The summed E-state index contributed by atoms with van der Waals surface area (Å²) in [7, 11) is 0. The van der Waals surface area contributed by atoms with Crippen LogP contribution in [0.25, 0.3) is 17.0 Å². The highest BCUT2D eigenvalue weighted by molar-refractivity contribution is 6.38. The molecule has 4 N–H and O–H groups in total. The fraction of sp³-hybridized carbons (Fsp3) is 0.344. The van der Waals surface area contributed by atoms with Crippen molar-refractivity contribution in [2.75, 3.05) is 30.3 Å². The van der Waals surface area contributed by atoms with E-state index >= 15 is 4.39 Å². The van der Waals surface area contributed by atoms with Crippen molar-refractivity contribution in [2.24, 2.45) is 5.92 Å². The summed E-state index contributed by atoms with van der Waals surface area (Å²) in [4.78, 5) is 22.0. The van der Waals surface area contributed by atoms with Crippen LogP contribution in [-0.4, -0.2) is 63.7 Å². The first-order chi connectivity index (χ1) is 21.7. The van der Waals surface area contributed by atoms with Gasteiger partial charge in [-0.25, -0.2) is 18.2 Å². The van der Waals surface area contributed by atoms with Gasteiger partial charge < -0.3 is 26.0 Å². The van der Waals surface area contributed by atoms with Crippen LogP contribution in [0, 0.1) is 34.7 Å². The standard InChI is InChI=1S/C32H32Cl2F3N7O2/c1-6-20(45)42-9-10-43(16(5)13-42)30-17-11-19(33)28(21-22(34)26(39)25(37)24(36)23(21)35)41-31(17)44(32(46)18(30)12-38)29-15(4)7-8-40-27(29)14(2)3/h6-8,11,14,16,27,32,40,46H,1,9-10,13,39H2,2-5H3/t16-,27?,32?/m0/s1. The number of piperazine rings is 1. The highest BCUT2D eigenvalue weighted by Gasteiger charge is 2.43. The lowest BCUT2D eigenvalue weighted by molar-refractivity contribution is -0.128. The van der Waals surface area contributed by atoms with Crippen LogP contribution in [-0.2, 0) is 4.79 Å². The molecule has 0 spiro atoms. The van der Waals surface area contributed by atoms with Crippen molar-refractivity contribution in [2.45, 2.75) is 46.0 Å². The number of nitrogens with two attached hydrogens (primary N) is 1. The Morgan fingerprint density at radius 1 is 1.26 bits per heavy atom. The SMILES string of the molecule is C=CC(=O)N1CCN(C2=C(C#N)C(O)N(C3=C(C)C=CNC3C(C)C)c3nc(-c4c(F)c(F)c(F)c(N)c4Cl)c(Cl)cc32)[C@@H](C)C1. The number of amides is 1. The van der Waals surface area contributed by atoms with Gasteiger partial charge in [0.05, 0.1) is 38.7 Å². The predicted molar refractivity (Wildman–Crippen MR) is 172 cm³/mol. The van der Waals surface area contributed by atoms with E-state index in [9.17, 15) is 23.9 Å². The molecular formula is C32H32Cl2F3N7O2. The average molecular weight is 675 g/mol. The fourth-order valence-electron chi connectivity index (χ4n) is 6.20. The number of nitriles is 1. The molecule has 9 nitrogen and oxygen atoms in total. The number of allylic oxidation sites excluding steroid dienone is 2. The molecular weight excluding hydrogens is 642 g/mol. The van der Waals surface area contributed by atoms with E-state index in [0.29, 0.717) is 30.0 Å². The number of nitrogen functional groups attached to an aromatic ring is 1. The van der Waals surface area contributed by atoms with Crippen LogP contribution >= 0.6 is 23.2 Å². The molecule has 2 aromatic rings. The van der Waals surface area contributed by atoms with E-state index in [1.165, 1.54) is 17.0 Å². The van der Waals surface area contributed by atoms with Crippen LogP contribution in [0.15, 0.2) is 47.8 Å². The van der Waals surface area contributed by atoms with Crippen molar-refractivity contribution >= 4 is 46.3 Å². The second-order valence-corrected chi connectivity index (χ2v) is 12.5. The number of fused-ring (bicyclic) bond motifs is 1. The zero-order valence-electron chi connectivity index (χ0n) is 25.5. The Morgan fingerprint density at radius 2 is 1.96 bits per heavy atom. The third-order valence-corrected chi connectivity index (χ3v) is 9.17. The monoisotopic (exact) mass is 673 g/mol. The van der Waals surface area contributed by atoms with Gasteiger partial charge in [-0.05, 0) is 49.8 Å². The van der Waals surface area contributed by atoms with E-state index in [-0.39, 0.29) is 52.6 Å². The molecule has 0 radical (unpaired) electrons. The molecule has 1 aromatic carbocycles. The van der Waals surface area contributed by atoms with E-state index in [4.69, 9.17) is 28.9 Å². The molecule has 0 aliphatic carbocycles. The molecule has 1 aromatic heterocycles. The number of rotatable bonds is 5. The van der Waals surface area contributed by atoms with Crippen LogP contribution in [0.1, 0.15) is 33.3 Å². The molecule has 4 heterocycles. The van der Waals surface area contributed by atoms with E-state index in [1.54, 1.807) is 17.2 Å². The first-order valence-corrected chi connectivity index (χ1v) is 15.3. The molecule has 5 rings (SSSR count). The van der Waals surface area contributed by atoms with E-state index in [2.05, 4.69) is 22.9 Å². The number of aromatic nitrogens is 1. The third kappa shape index (κ3) is 5.26. The van der Waals surface area contributed by atoms with Crippen molar-refractivity contribution in [1.29, 1.82) is 5.26 Å². The number of hydrogen-bond donors (Lipinski definition) is 3. The lowest BCUT2D eigenvalue weighted by atomic mass is 9.90. The average Bonchev–Trinajstić information content (AvgIpc) is 3.03.